The number of likely N-dealkylation sites (tertiary alicyclic amines) is 1. The third-order valence-electron chi connectivity index (χ3n) is 3.99. The van der Waals surface area contributed by atoms with E-state index in [1.54, 1.807) is 14.2 Å². The molecule has 106 valence electrons. The Morgan fingerprint density at radius 2 is 1.67 bits per heavy atom. The number of ether oxygens (including phenoxy) is 2. The first-order valence-corrected chi connectivity index (χ1v) is 7.05. The first-order valence-electron chi connectivity index (χ1n) is 7.05. The van der Waals surface area contributed by atoms with Crippen molar-refractivity contribution in [2.45, 2.75) is 44.9 Å². The van der Waals surface area contributed by atoms with Crippen molar-refractivity contribution in [1.29, 1.82) is 0 Å². The molecular weight excluding hydrogens is 228 g/mol. The summed E-state index contributed by atoms with van der Waals surface area (Å²) >= 11 is 0. The molecule has 0 radical (unpaired) electrons. The normalized spacial score (nSPS) is 30.0. The first kappa shape index (κ1) is 14.3. The van der Waals surface area contributed by atoms with E-state index in [1.165, 1.54) is 12.8 Å². The van der Waals surface area contributed by atoms with Gasteiger partial charge in [0.25, 0.3) is 0 Å². The van der Waals surface area contributed by atoms with Gasteiger partial charge in [-0.15, -0.1) is 0 Å². The quantitative estimate of drug-likeness (QED) is 0.740. The van der Waals surface area contributed by atoms with Crippen LogP contribution in [0, 0.1) is 5.41 Å². The Hall–Kier alpha value is -0.160. The van der Waals surface area contributed by atoms with Crippen LogP contribution in [0.5, 0.6) is 0 Å². The van der Waals surface area contributed by atoms with E-state index in [2.05, 4.69) is 24.1 Å². The average molecular weight is 256 g/mol. The lowest BCUT2D eigenvalue weighted by Crippen LogP contribution is -2.40. The maximum atomic E-state index is 5.49. The van der Waals surface area contributed by atoms with Crippen molar-refractivity contribution >= 4 is 0 Å². The van der Waals surface area contributed by atoms with Gasteiger partial charge in [-0.1, -0.05) is 13.8 Å². The average Bonchev–Trinajstić information content (AvgIpc) is 3.07. The van der Waals surface area contributed by atoms with Gasteiger partial charge in [-0.05, 0) is 18.3 Å². The van der Waals surface area contributed by atoms with Crippen LogP contribution in [0.25, 0.3) is 0 Å². The summed E-state index contributed by atoms with van der Waals surface area (Å²) in [4.78, 5) is 2.47. The number of methoxy groups -OCH3 is 2. The van der Waals surface area contributed by atoms with Gasteiger partial charge in [0.2, 0.25) is 0 Å². The molecule has 1 aliphatic carbocycles. The molecule has 1 saturated heterocycles. The molecule has 2 atom stereocenters. The number of nitrogens with zero attached hydrogens (tertiary/aromatic N) is 1. The van der Waals surface area contributed by atoms with Crippen molar-refractivity contribution < 1.29 is 9.47 Å². The van der Waals surface area contributed by atoms with E-state index in [4.69, 9.17) is 9.47 Å². The van der Waals surface area contributed by atoms with Crippen LogP contribution in [-0.2, 0) is 9.47 Å². The van der Waals surface area contributed by atoms with Crippen molar-refractivity contribution in [3.63, 3.8) is 0 Å². The van der Waals surface area contributed by atoms with Crippen molar-refractivity contribution in [3.05, 3.63) is 0 Å². The van der Waals surface area contributed by atoms with Gasteiger partial charge >= 0.3 is 0 Å². The minimum atomic E-state index is 0.224. The zero-order valence-corrected chi connectivity index (χ0v) is 12.2. The lowest BCUT2D eigenvalue weighted by molar-refractivity contribution is -0.00461. The van der Waals surface area contributed by atoms with E-state index in [9.17, 15) is 0 Å². The molecule has 0 amide bonds. The molecule has 0 aromatic heterocycles. The van der Waals surface area contributed by atoms with Gasteiger partial charge in [0.15, 0.2) is 0 Å². The van der Waals surface area contributed by atoms with E-state index in [1.807, 2.05) is 0 Å². The van der Waals surface area contributed by atoms with Crippen LogP contribution >= 0.6 is 0 Å². The standard InChI is InChI=1S/C14H28N2O2/c1-14(2,9-15-11-5-6-11)10-16-7-12(17-3)13(8-16)18-4/h11-13,15H,5-10H2,1-4H3. The Morgan fingerprint density at radius 1 is 1.11 bits per heavy atom. The van der Waals surface area contributed by atoms with Crippen molar-refractivity contribution in [2.24, 2.45) is 5.41 Å². The highest BCUT2D eigenvalue weighted by atomic mass is 16.5. The van der Waals surface area contributed by atoms with Crippen LogP contribution in [0.4, 0.5) is 0 Å². The maximum absolute atomic E-state index is 5.49. The lowest BCUT2D eigenvalue weighted by atomic mass is 9.92. The second kappa shape index (κ2) is 5.87. The molecule has 4 nitrogen and oxygen atoms in total. The molecule has 0 aromatic rings. The van der Waals surface area contributed by atoms with Gasteiger partial charge in [-0.25, -0.2) is 0 Å². The fourth-order valence-electron chi connectivity index (χ4n) is 2.77. The second-order valence-electron chi connectivity index (χ2n) is 6.56. The van der Waals surface area contributed by atoms with E-state index in [-0.39, 0.29) is 12.2 Å². The fraction of sp³-hybridized carbons (Fsp3) is 1.00. The third kappa shape index (κ3) is 3.92. The van der Waals surface area contributed by atoms with E-state index in [0.29, 0.717) is 5.41 Å². The first-order chi connectivity index (χ1) is 8.54. The molecule has 2 unspecified atom stereocenters. The minimum absolute atomic E-state index is 0.224. The molecule has 0 spiro atoms. The molecule has 4 heteroatoms. The smallest absolute Gasteiger partial charge is 0.0971 e. The summed E-state index contributed by atoms with van der Waals surface area (Å²) in [5.41, 5.74) is 0.309. The number of rotatable bonds is 7. The predicted molar refractivity (Wildman–Crippen MR) is 72.8 cm³/mol. The zero-order chi connectivity index (χ0) is 13.2. The lowest BCUT2D eigenvalue weighted by Gasteiger charge is -2.30. The Kier molecular flexibility index (Phi) is 4.64. The monoisotopic (exact) mass is 256 g/mol. The van der Waals surface area contributed by atoms with Crippen molar-refractivity contribution in [3.8, 4) is 0 Å². The van der Waals surface area contributed by atoms with Crippen molar-refractivity contribution in [1.82, 2.24) is 10.2 Å². The Balaban J connectivity index is 1.77. The summed E-state index contributed by atoms with van der Waals surface area (Å²) in [6.45, 7) is 8.86. The van der Waals surface area contributed by atoms with Gasteiger partial charge < -0.3 is 14.8 Å². The van der Waals surface area contributed by atoms with Gasteiger partial charge in [0.1, 0.15) is 0 Å². The topological polar surface area (TPSA) is 33.7 Å². The predicted octanol–water partition coefficient (Wildman–Crippen LogP) is 1.11. The maximum Gasteiger partial charge on any atom is 0.0971 e. The highest BCUT2D eigenvalue weighted by Gasteiger charge is 2.35. The van der Waals surface area contributed by atoms with Crippen molar-refractivity contribution in [2.75, 3.05) is 40.4 Å². The number of nitrogens with one attached hydrogen (secondary N) is 1. The van der Waals surface area contributed by atoms with Gasteiger partial charge in [-0.3, -0.25) is 4.90 Å². The Labute approximate surface area is 111 Å². The molecule has 2 rings (SSSR count). The largest absolute Gasteiger partial charge is 0.377 e. The van der Waals surface area contributed by atoms with Crippen LogP contribution in [0.15, 0.2) is 0 Å². The number of hydrogen-bond donors (Lipinski definition) is 1. The molecule has 1 saturated carbocycles. The minimum Gasteiger partial charge on any atom is -0.377 e. The molecule has 0 bridgehead atoms. The molecule has 18 heavy (non-hydrogen) atoms. The molecule has 1 aliphatic heterocycles. The zero-order valence-electron chi connectivity index (χ0n) is 12.2. The van der Waals surface area contributed by atoms with E-state index < -0.39 is 0 Å². The summed E-state index contributed by atoms with van der Waals surface area (Å²) in [5, 5.41) is 3.63. The SMILES string of the molecule is COC1CN(CC(C)(C)CNC2CC2)CC1OC. The molecule has 1 N–H and O–H groups in total. The Morgan fingerprint density at radius 3 is 2.11 bits per heavy atom. The second-order valence-corrected chi connectivity index (χ2v) is 6.56. The molecular formula is C14H28N2O2. The summed E-state index contributed by atoms with van der Waals surface area (Å²) in [6, 6.07) is 0.793. The van der Waals surface area contributed by atoms with Crippen LogP contribution in [0.1, 0.15) is 26.7 Å². The third-order valence-corrected chi connectivity index (χ3v) is 3.99. The molecule has 2 fully saturated rings. The van der Waals surface area contributed by atoms with Gasteiger partial charge in [-0.2, -0.15) is 0 Å². The highest BCUT2D eigenvalue weighted by molar-refractivity contribution is 4.90. The van der Waals surface area contributed by atoms with Gasteiger partial charge in [0, 0.05) is 46.4 Å². The molecule has 0 aromatic carbocycles. The summed E-state index contributed by atoms with van der Waals surface area (Å²) in [5.74, 6) is 0. The van der Waals surface area contributed by atoms with Crippen LogP contribution < -0.4 is 5.32 Å². The summed E-state index contributed by atoms with van der Waals surface area (Å²) in [6.07, 6.45) is 3.17. The molecule has 1 heterocycles. The summed E-state index contributed by atoms with van der Waals surface area (Å²) in [7, 11) is 3.56. The molecule has 2 aliphatic rings. The van der Waals surface area contributed by atoms with E-state index >= 15 is 0 Å². The van der Waals surface area contributed by atoms with Gasteiger partial charge in [0.05, 0.1) is 12.2 Å². The van der Waals surface area contributed by atoms with Crippen LogP contribution in [0.2, 0.25) is 0 Å². The number of hydrogen-bond acceptors (Lipinski definition) is 4. The van der Waals surface area contributed by atoms with Crippen LogP contribution in [-0.4, -0.2) is 63.5 Å². The van der Waals surface area contributed by atoms with Crippen LogP contribution in [0.3, 0.4) is 0 Å². The fourth-order valence-corrected chi connectivity index (χ4v) is 2.77. The Bertz CT molecular complexity index is 255. The summed E-state index contributed by atoms with van der Waals surface area (Å²) < 4.78 is 11.0. The van der Waals surface area contributed by atoms with E-state index in [0.717, 1.165) is 32.2 Å². The highest BCUT2D eigenvalue weighted by Crippen LogP contribution is 2.25.